The van der Waals surface area contributed by atoms with Crippen LogP contribution in [0.1, 0.15) is 0 Å². The molecule has 0 aliphatic heterocycles. The highest BCUT2D eigenvalue weighted by Crippen LogP contribution is 2.16. The molecular formula is C6H18F2N4Si. The van der Waals surface area contributed by atoms with Crippen molar-refractivity contribution in [2.75, 3.05) is 42.3 Å². The minimum Gasteiger partial charge on any atom is -0.249 e. The lowest BCUT2D eigenvalue weighted by Gasteiger charge is -2.37. The third-order valence-corrected chi connectivity index (χ3v) is 4.34. The smallest absolute Gasteiger partial charge is 0.249 e. The summed E-state index contributed by atoms with van der Waals surface area (Å²) in [5.41, 5.74) is 0. The van der Waals surface area contributed by atoms with Crippen molar-refractivity contribution >= 4 is 9.06 Å². The highest BCUT2D eigenvalue weighted by molar-refractivity contribution is 6.59. The zero-order valence-corrected chi connectivity index (χ0v) is 10.0. The molecule has 7 heteroatoms. The molecule has 0 bridgehead atoms. The van der Waals surface area contributed by atoms with E-state index in [1.54, 1.807) is 28.2 Å². The van der Waals surface area contributed by atoms with E-state index in [0.717, 1.165) is 9.35 Å². The van der Waals surface area contributed by atoms with Crippen LogP contribution in [0.4, 0.5) is 8.22 Å². The SMILES string of the molecule is CN(C)N(C)[Si](F)(F)N(C)N(C)C. The van der Waals surface area contributed by atoms with Crippen LogP contribution in [-0.2, 0) is 0 Å². The van der Waals surface area contributed by atoms with Crippen molar-refractivity contribution in [2.45, 2.75) is 0 Å². The summed E-state index contributed by atoms with van der Waals surface area (Å²) in [6.07, 6.45) is 0. The summed E-state index contributed by atoms with van der Waals surface area (Å²) in [7, 11) is 4.68. The van der Waals surface area contributed by atoms with Gasteiger partial charge in [-0.05, 0) is 0 Å². The van der Waals surface area contributed by atoms with E-state index in [2.05, 4.69) is 0 Å². The number of halogens is 2. The lowest BCUT2D eigenvalue weighted by molar-refractivity contribution is 0.0291. The molecule has 0 aromatic carbocycles. The molecule has 0 amide bonds. The Hall–Kier alpha value is -0.0831. The molecule has 0 radical (unpaired) electrons. The molecule has 0 aliphatic rings. The van der Waals surface area contributed by atoms with E-state index in [1.165, 1.54) is 24.1 Å². The van der Waals surface area contributed by atoms with Crippen molar-refractivity contribution in [3.8, 4) is 0 Å². The average Bonchev–Trinajstić information content (AvgIpc) is 2.01. The van der Waals surface area contributed by atoms with Crippen LogP contribution in [0.3, 0.4) is 0 Å². The van der Waals surface area contributed by atoms with E-state index in [-0.39, 0.29) is 0 Å². The van der Waals surface area contributed by atoms with E-state index in [9.17, 15) is 8.22 Å². The van der Waals surface area contributed by atoms with Gasteiger partial charge in [-0.3, -0.25) is 0 Å². The van der Waals surface area contributed by atoms with Crippen molar-refractivity contribution in [1.29, 1.82) is 0 Å². The first-order chi connectivity index (χ1) is 5.71. The van der Waals surface area contributed by atoms with Crippen molar-refractivity contribution in [2.24, 2.45) is 0 Å². The number of rotatable bonds is 4. The molecular weight excluding hydrogens is 194 g/mol. The maximum atomic E-state index is 13.6. The topological polar surface area (TPSA) is 13.0 Å². The van der Waals surface area contributed by atoms with Crippen LogP contribution in [0, 0.1) is 0 Å². The van der Waals surface area contributed by atoms with Crippen molar-refractivity contribution in [1.82, 2.24) is 19.4 Å². The van der Waals surface area contributed by atoms with Gasteiger partial charge in [-0.15, -0.1) is 0 Å². The highest BCUT2D eigenvalue weighted by Gasteiger charge is 2.50. The Labute approximate surface area is 79.8 Å². The maximum absolute atomic E-state index is 13.6. The Morgan fingerprint density at radius 1 is 0.692 bits per heavy atom. The molecule has 0 fully saturated rings. The first-order valence-electron chi connectivity index (χ1n) is 3.91. The summed E-state index contributed by atoms with van der Waals surface area (Å²) in [5, 5.41) is 2.79. The molecule has 0 saturated carbocycles. The predicted octanol–water partition coefficient (Wildman–Crippen LogP) is 0.178. The molecule has 0 N–H and O–H groups in total. The van der Waals surface area contributed by atoms with Crippen molar-refractivity contribution < 1.29 is 8.22 Å². The fourth-order valence-corrected chi connectivity index (χ4v) is 2.07. The summed E-state index contributed by atoms with van der Waals surface area (Å²) in [4.78, 5) is 0. The molecule has 0 saturated heterocycles. The van der Waals surface area contributed by atoms with E-state index < -0.39 is 9.06 Å². The monoisotopic (exact) mass is 212 g/mol. The van der Waals surface area contributed by atoms with E-state index in [4.69, 9.17) is 0 Å². The van der Waals surface area contributed by atoms with Crippen molar-refractivity contribution in [3.63, 3.8) is 0 Å². The predicted molar refractivity (Wildman–Crippen MR) is 50.9 cm³/mol. The van der Waals surface area contributed by atoms with Crippen LogP contribution in [0.15, 0.2) is 0 Å². The van der Waals surface area contributed by atoms with Gasteiger partial charge in [0.25, 0.3) is 0 Å². The fraction of sp³-hybridized carbons (Fsp3) is 1.00. The fourth-order valence-electron chi connectivity index (χ4n) is 0.691. The number of hydrazine groups is 2. The van der Waals surface area contributed by atoms with Gasteiger partial charge in [0.05, 0.1) is 0 Å². The van der Waals surface area contributed by atoms with Crippen LogP contribution >= 0.6 is 0 Å². The van der Waals surface area contributed by atoms with Crippen LogP contribution in [0.2, 0.25) is 0 Å². The van der Waals surface area contributed by atoms with Gasteiger partial charge in [-0.25, -0.2) is 18.2 Å². The number of hydrogen-bond acceptors (Lipinski definition) is 4. The Balaban J connectivity index is 4.54. The molecule has 0 unspecified atom stereocenters. The summed E-state index contributed by atoms with van der Waals surface area (Å²) in [6, 6.07) is 0. The second-order valence-corrected chi connectivity index (χ2v) is 5.56. The second-order valence-electron chi connectivity index (χ2n) is 3.25. The van der Waals surface area contributed by atoms with Gasteiger partial charge in [-0.1, -0.05) is 0 Å². The normalized spacial score (nSPS) is 13.8. The Morgan fingerprint density at radius 2 is 0.923 bits per heavy atom. The molecule has 4 nitrogen and oxygen atoms in total. The van der Waals surface area contributed by atoms with Gasteiger partial charge >= 0.3 is 9.06 Å². The minimum atomic E-state index is -4.52. The molecule has 13 heavy (non-hydrogen) atoms. The Morgan fingerprint density at radius 3 is 1.08 bits per heavy atom. The van der Waals surface area contributed by atoms with Crippen LogP contribution < -0.4 is 0 Å². The quantitative estimate of drug-likeness (QED) is 0.374. The molecule has 0 aliphatic carbocycles. The highest BCUT2D eigenvalue weighted by atomic mass is 28.4. The first-order valence-corrected chi connectivity index (χ1v) is 5.56. The molecule has 0 spiro atoms. The van der Waals surface area contributed by atoms with E-state index >= 15 is 0 Å². The lowest BCUT2D eigenvalue weighted by atomic mass is 11.1. The van der Waals surface area contributed by atoms with E-state index in [0.29, 0.717) is 0 Å². The maximum Gasteiger partial charge on any atom is 0.627 e. The zero-order valence-electron chi connectivity index (χ0n) is 9.04. The third-order valence-electron chi connectivity index (χ3n) is 1.98. The zero-order chi connectivity index (χ0) is 10.8. The summed E-state index contributed by atoms with van der Waals surface area (Å²) >= 11 is 0. The minimum absolute atomic E-state index is 0.993. The van der Waals surface area contributed by atoms with Gasteiger partial charge in [0, 0.05) is 42.3 Å². The number of hydrogen-bond donors (Lipinski definition) is 0. The van der Waals surface area contributed by atoms with Crippen molar-refractivity contribution in [3.05, 3.63) is 0 Å². The van der Waals surface area contributed by atoms with Crippen LogP contribution in [-0.4, -0.2) is 70.7 Å². The third kappa shape index (κ3) is 2.95. The van der Waals surface area contributed by atoms with Crippen LogP contribution in [0.5, 0.6) is 0 Å². The van der Waals surface area contributed by atoms with Gasteiger partial charge in [0.1, 0.15) is 0 Å². The standard InChI is InChI=1S/C6H18F2N4Si/c1-9(2)11(5)13(7,8)12(6)10(3)4/h1-6H3. The Bertz CT molecular complexity index is 149. The van der Waals surface area contributed by atoms with Crippen LogP contribution in [0.25, 0.3) is 0 Å². The summed E-state index contributed by atoms with van der Waals surface area (Å²) < 4.78 is 29.2. The lowest BCUT2D eigenvalue weighted by Crippen LogP contribution is -2.64. The largest absolute Gasteiger partial charge is 0.627 e. The molecule has 0 aromatic heterocycles. The van der Waals surface area contributed by atoms with Gasteiger partial charge < -0.3 is 0 Å². The Kier molecular flexibility index (Phi) is 4.40. The molecule has 0 aromatic rings. The molecule has 0 atom stereocenters. The second kappa shape index (κ2) is 4.42. The average molecular weight is 212 g/mol. The number of nitrogens with zero attached hydrogens (tertiary/aromatic N) is 4. The van der Waals surface area contributed by atoms with Gasteiger partial charge in [0.2, 0.25) is 0 Å². The first kappa shape index (κ1) is 12.9. The molecule has 0 rings (SSSR count). The molecule has 0 heterocycles. The molecule has 80 valence electrons. The van der Waals surface area contributed by atoms with Gasteiger partial charge in [-0.2, -0.15) is 9.35 Å². The summed E-state index contributed by atoms with van der Waals surface area (Å²) in [5.74, 6) is 0. The summed E-state index contributed by atoms with van der Waals surface area (Å²) in [6.45, 7) is 0. The van der Waals surface area contributed by atoms with Gasteiger partial charge in [0.15, 0.2) is 0 Å². The van der Waals surface area contributed by atoms with E-state index in [1.807, 2.05) is 0 Å².